The predicted molar refractivity (Wildman–Crippen MR) is 78.8 cm³/mol. The van der Waals surface area contributed by atoms with E-state index in [-0.39, 0.29) is 12.3 Å². The van der Waals surface area contributed by atoms with Crippen molar-refractivity contribution in [1.82, 2.24) is 9.80 Å². The van der Waals surface area contributed by atoms with Gasteiger partial charge in [0.05, 0.1) is 11.0 Å². The fourth-order valence-corrected chi connectivity index (χ4v) is 2.43. The van der Waals surface area contributed by atoms with Gasteiger partial charge < -0.3 is 15.5 Å². The van der Waals surface area contributed by atoms with E-state index in [1.165, 1.54) is 6.07 Å². The van der Waals surface area contributed by atoms with Crippen LogP contribution in [0.25, 0.3) is 0 Å². The summed E-state index contributed by atoms with van der Waals surface area (Å²) >= 11 is 0. The first-order chi connectivity index (χ1) is 10.4. The zero-order valence-electron chi connectivity index (χ0n) is 12.4. The largest absolute Gasteiger partial charge is 0.339 e. The molecule has 1 saturated heterocycles. The number of halogens is 1. The van der Waals surface area contributed by atoms with E-state index in [2.05, 4.69) is 4.90 Å². The Morgan fingerprint density at radius 3 is 2.59 bits per heavy atom. The van der Waals surface area contributed by atoms with Gasteiger partial charge in [-0.2, -0.15) is 4.39 Å². The summed E-state index contributed by atoms with van der Waals surface area (Å²) in [4.78, 5) is 25.9. The van der Waals surface area contributed by atoms with E-state index < -0.39 is 22.5 Å². The molecule has 1 aromatic carbocycles. The van der Waals surface area contributed by atoms with Crippen molar-refractivity contribution in [2.45, 2.75) is 12.5 Å². The minimum absolute atomic E-state index is 0.153. The molecule has 120 valence electrons. The number of piperazine rings is 1. The van der Waals surface area contributed by atoms with Crippen LogP contribution in [-0.4, -0.2) is 59.9 Å². The quantitative estimate of drug-likeness (QED) is 0.641. The summed E-state index contributed by atoms with van der Waals surface area (Å²) in [6.07, 6.45) is 0.153. The van der Waals surface area contributed by atoms with Crippen LogP contribution in [0.1, 0.15) is 5.56 Å². The molecule has 0 aromatic heterocycles. The minimum atomic E-state index is -0.915. The molecule has 0 saturated carbocycles. The maximum absolute atomic E-state index is 13.6. The minimum Gasteiger partial charge on any atom is -0.339 e. The third kappa shape index (κ3) is 3.77. The van der Waals surface area contributed by atoms with E-state index >= 15 is 0 Å². The molecule has 0 unspecified atom stereocenters. The fourth-order valence-electron chi connectivity index (χ4n) is 2.43. The molecule has 1 amide bonds. The molecule has 0 radical (unpaired) electrons. The van der Waals surface area contributed by atoms with E-state index in [0.29, 0.717) is 18.7 Å². The summed E-state index contributed by atoms with van der Waals surface area (Å²) in [6, 6.07) is 2.81. The lowest BCUT2D eigenvalue weighted by molar-refractivity contribution is -0.387. The number of carbonyl (C=O) groups excluding carboxylic acids is 1. The first kappa shape index (κ1) is 16.3. The summed E-state index contributed by atoms with van der Waals surface area (Å²) in [5.74, 6) is -1.09. The second-order valence-corrected chi connectivity index (χ2v) is 5.48. The molecule has 1 aliphatic rings. The number of nitrogens with two attached hydrogens (primary N) is 1. The lowest BCUT2D eigenvalue weighted by Gasteiger charge is -2.33. The van der Waals surface area contributed by atoms with Crippen molar-refractivity contribution >= 4 is 11.6 Å². The molecule has 2 N–H and O–H groups in total. The second kappa shape index (κ2) is 6.80. The Morgan fingerprint density at radius 1 is 1.41 bits per heavy atom. The highest BCUT2D eigenvalue weighted by Gasteiger charge is 2.24. The Labute approximate surface area is 127 Å². The van der Waals surface area contributed by atoms with Crippen LogP contribution >= 0.6 is 0 Å². The topological polar surface area (TPSA) is 92.7 Å². The number of hydrogen-bond donors (Lipinski definition) is 1. The first-order valence-corrected chi connectivity index (χ1v) is 7.04. The number of nitro groups is 1. The highest BCUT2D eigenvalue weighted by atomic mass is 19.1. The molecule has 1 heterocycles. The van der Waals surface area contributed by atoms with E-state index in [0.717, 1.165) is 25.2 Å². The zero-order valence-corrected chi connectivity index (χ0v) is 12.4. The number of nitrogens with zero attached hydrogens (tertiary/aromatic N) is 3. The fraction of sp³-hybridized carbons (Fsp3) is 0.500. The first-order valence-electron chi connectivity index (χ1n) is 7.04. The lowest BCUT2D eigenvalue weighted by atomic mass is 10.0. The molecule has 1 atom stereocenters. The van der Waals surface area contributed by atoms with Crippen LogP contribution in [0.2, 0.25) is 0 Å². The van der Waals surface area contributed by atoms with E-state index in [4.69, 9.17) is 5.73 Å². The van der Waals surface area contributed by atoms with Gasteiger partial charge in [0.1, 0.15) is 0 Å². The van der Waals surface area contributed by atoms with Crippen LogP contribution in [0.5, 0.6) is 0 Å². The van der Waals surface area contributed by atoms with Crippen molar-refractivity contribution in [3.05, 3.63) is 39.7 Å². The summed E-state index contributed by atoms with van der Waals surface area (Å²) in [5, 5.41) is 10.6. The van der Waals surface area contributed by atoms with Crippen molar-refractivity contribution in [3.63, 3.8) is 0 Å². The third-order valence-electron chi connectivity index (χ3n) is 3.80. The van der Waals surface area contributed by atoms with E-state index in [1.54, 1.807) is 4.90 Å². The molecule has 1 aromatic rings. The van der Waals surface area contributed by atoms with E-state index in [1.807, 2.05) is 7.05 Å². The number of amides is 1. The monoisotopic (exact) mass is 310 g/mol. The molecule has 22 heavy (non-hydrogen) atoms. The summed E-state index contributed by atoms with van der Waals surface area (Å²) < 4.78 is 13.6. The number of carbonyl (C=O) groups is 1. The SMILES string of the molecule is CN1CCN(C(=O)[C@H](N)Cc2ccc([N+](=O)[O-])c(F)c2)CC1. The van der Waals surface area contributed by atoms with Gasteiger partial charge in [0.25, 0.3) is 0 Å². The maximum atomic E-state index is 13.6. The van der Waals surface area contributed by atoms with Crippen molar-refractivity contribution in [2.24, 2.45) is 5.73 Å². The number of hydrogen-bond acceptors (Lipinski definition) is 5. The van der Waals surface area contributed by atoms with Crippen molar-refractivity contribution in [2.75, 3.05) is 33.2 Å². The Kier molecular flexibility index (Phi) is 5.04. The summed E-state index contributed by atoms with van der Waals surface area (Å²) in [7, 11) is 1.99. The molecule has 0 bridgehead atoms. The Hall–Kier alpha value is -2.06. The second-order valence-electron chi connectivity index (χ2n) is 5.48. The highest BCUT2D eigenvalue weighted by Crippen LogP contribution is 2.19. The number of rotatable bonds is 4. The summed E-state index contributed by atoms with van der Waals surface area (Å²) in [5.41, 5.74) is 5.79. The van der Waals surface area contributed by atoms with Gasteiger partial charge in [0.15, 0.2) is 0 Å². The Bertz CT molecular complexity index is 573. The van der Waals surface area contributed by atoms with Crippen LogP contribution in [0.4, 0.5) is 10.1 Å². The van der Waals surface area contributed by atoms with Crippen LogP contribution in [0.3, 0.4) is 0 Å². The zero-order chi connectivity index (χ0) is 16.3. The molecule has 0 aliphatic carbocycles. The third-order valence-corrected chi connectivity index (χ3v) is 3.80. The van der Waals surface area contributed by atoms with E-state index in [9.17, 15) is 19.3 Å². The molecule has 1 fully saturated rings. The molecule has 8 heteroatoms. The van der Waals surface area contributed by atoms with Crippen molar-refractivity contribution in [1.29, 1.82) is 0 Å². The van der Waals surface area contributed by atoms with Crippen LogP contribution in [-0.2, 0) is 11.2 Å². The Morgan fingerprint density at radius 2 is 2.05 bits per heavy atom. The van der Waals surface area contributed by atoms with Gasteiger partial charge in [-0.3, -0.25) is 14.9 Å². The van der Waals surface area contributed by atoms with Crippen LogP contribution < -0.4 is 5.73 Å². The molecular weight excluding hydrogens is 291 g/mol. The number of nitro benzene ring substituents is 1. The molecule has 0 spiro atoms. The molecule has 7 nitrogen and oxygen atoms in total. The molecule has 1 aliphatic heterocycles. The van der Waals surface area contributed by atoms with Gasteiger partial charge in [-0.1, -0.05) is 6.07 Å². The summed E-state index contributed by atoms with van der Waals surface area (Å²) in [6.45, 7) is 2.84. The number of benzene rings is 1. The maximum Gasteiger partial charge on any atom is 0.304 e. The van der Waals surface area contributed by atoms with Crippen molar-refractivity contribution < 1.29 is 14.1 Å². The Balaban J connectivity index is 1.99. The van der Waals surface area contributed by atoms with Gasteiger partial charge in [0.2, 0.25) is 11.7 Å². The standard InChI is InChI=1S/C14H19FN4O3/c1-17-4-6-18(7-5-17)14(20)12(16)9-10-2-3-13(19(21)22)11(15)8-10/h2-3,8,12H,4-7,9,16H2,1H3/t12-/m1/s1. The van der Waals surface area contributed by atoms with Gasteiger partial charge in [-0.05, 0) is 25.1 Å². The molecular formula is C14H19FN4O3. The smallest absolute Gasteiger partial charge is 0.304 e. The number of likely N-dealkylation sites (N-methyl/N-ethyl adjacent to an activating group) is 1. The normalized spacial score (nSPS) is 17.3. The van der Waals surface area contributed by atoms with Gasteiger partial charge in [-0.15, -0.1) is 0 Å². The predicted octanol–water partition coefficient (Wildman–Crippen LogP) is 0.378. The average Bonchev–Trinajstić information content (AvgIpc) is 2.47. The van der Waals surface area contributed by atoms with Crippen LogP contribution in [0.15, 0.2) is 18.2 Å². The highest BCUT2D eigenvalue weighted by molar-refractivity contribution is 5.82. The average molecular weight is 310 g/mol. The van der Waals surface area contributed by atoms with Crippen LogP contribution in [0, 0.1) is 15.9 Å². The lowest BCUT2D eigenvalue weighted by Crippen LogP contribution is -2.52. The van der Waals surface area contributed by atoms with Crippen molar-refractivity contribution in [3.8, 4) is 0 Å². The van der Waals surface area contributed by atoms with Gasteiger partial charge in [-0.25, -0.2) is 0 Å². The van der Waals surface area contributed by atoms with Gasteiger partial charge >= 0.3 is 5.69 Å². The van der Waals surface area contributed by atoms with Gasteiger partial charge in [0, 0.05) is 32.2 Å². The molecule has 2 rings (SSSR count).